The van der Waals surface area contributed by atoms with Crippen LogP contribution in [0.25, 0.3) is 25.5 Å². The van der Waals surface area contributed by atoms with Crippen LogP contribution < -0.4 is 19.1 Å². The van der Waals surface area contributed by atoms with Crippen LogP contribution in [0.4, 0.5) is 5.69 Å². The van der Waals surface area contributed by atoms with Gasteiger partial charge in [0.1, 0.15) is 40.4 Å². The molecule has 0 spiro atoms. The zero-order valence-electron chi connectivity index (χ0n) is 43.5. The smallest absolute Gasteiger partial charge is 0.199 e. The van der Waals surface area contributed by atoms with Crippen molar-refractivity contribution in [2.75, 3.05) is 37.8 Å². The Morgan fingerprint density at radius 3 is 2.17 bits per heavy atom. The van der Waals surface area contributed by atoms with Gasteiger partial charge in [-0.15, -0.1) is 32.9 Å². The lowest BCUT2D eigenvalue weighted by Gasteiger charge is -2.33. The molecule has 0 saturated carbocycles. The molecule has 0 N–H and O–H groups in total. The Morgan fingerprint density at radius 2 is 1.46 bits per heavy atom. The number of ketones is 1. The maximum Gasteiger partial charge on any atom is 0.199 e. The van der Waals surface area contributed by atoms with E-state index in [1.54, 1.807) is 35.1 Å². The summed E-state index contributed by atoms with van der Waals surface area (Å²) < 4.78 is 39.3. The predicted octanol–water partition coefficient (Wildman–Crippen LogP) is 13.8. The number of rotatable bonds is 17. The first-order chi connectivity index (χ1) is 37.3. The number of aryl methyl sites for hydroxylation is 2. The lowest BCUT2D eigenvalue weighted by Crippen LogP contribution is -2.33. The number of fused-ring (bicyclic) bond motifs is 4. The third kappa shape index (κ3) is 10.7. The van der Waals surface area contributed by atoms with Gasteiger partial charge in [-0.1, -0.05) is 6.42 Å². The zero-order chi connectivity index (χ0) is 51.5. The van der Waals surface area contributed by atoms with Crippen molar-refractivity contribution in [2.24, 2.45) is 10.9 Å². The molecular weight excluding hydrogens is 993 g/mol. The summed E-state index contributed by atoms with van der Waals surface area (Å²) in [5.74, 6) is 5.31. The van der Waals surface area contributed by atoms with Crippen molar-refractivity contribution in [1.29, 1.82) is 0 Å². The summed E-state index contributed by atoms with van der Waals surface area (Å²) in [6.45, 7) is 10.4. The van der Waals surface area contributed by atoms with E-state index in [-0.39, 0.29) is 24.4 Å². The van der Waals surface area contributed by atoms with Crippen LogP contribution in [-0.2, 0) is 15.9 Å². The van der Waals surface area contributed by atoms with Crippen LogP contribution in [0.2, 0.25) is 0 Å². The molecule has 8 aromatic rings. The number of hydrogen-bond donors (Lipinski definition) is 0. The molecule has 0 radical (unpaired) electrons. The number of piperidine rings is 1. The summed E-state index contributed by atoms with van der Waals surface area (Å²) in [4.78, 5) is 29.1. The zero-order valence-corrected chi connectivity index (χ0v) is 45.1. The Hall–Kier alpha value is -6.65. The van der Waals surface area contributed by atoms with Crippen molar-refractivity contribution in [3.8, 4) is 32.7 Å². The fourth-order valence-electron chi connectivity index (χ4n) is 11.1. The van der Waals surface area contributed by atoms with E-state index < -0.39 is 0 Å². The lowest BCUT2D eigenvalue weighted by molar-refractivity contribution is -0.106. The van der Waals surface area contributed by atoms with Crippen LogP contribution in [0.15, 0.2) is 113 Å². The fraction of sp³-hybridized carbons (Fsp3) is 0.393. The van der Waals surface area contributed by atoms with Gasteiger partial charge in [-0.3, -0.25) is 14.4 Å². The van der Waals surface area contributed by atoms with E-state index in [2.05, 4.69) is 93.1 Å². The van der Waals surface area contributed by atoms with Crippen molar-refractivity contribution in [3.05, 3.63) is 154 Å². The van der Waals surface area contributed by atoms with E-state index in [1.165, 1.54) is 16.9 Å². The van der Waals surface area contributed by atoms with Gasteiger partial charge in [0.05, 0.1) is 38.1 Å². The third-order valence-corrected chi connectivity index (χ3v) is 17.8. The summed E-state index contributed by atoms with van der Waals surface area (Å²) in [6.07, 6.45) is 15.0. The molecule has 76 heavy (non-hydrogen) atoms. The van der Waals surface area contributed by atoms with E-state index in [1.807, 2.05) is 43.3 Å². The Labute approximate surface area is 451 Å². The normalized spacial score (nSPS) is 19.0. The number of carbonyl (C=O) groups is 1. The molecule has 0 amide bonds. The molecule has 392 valence electrons. The number of thiophene rings is 2. The second kappa shape index (κ2) is 22.5. The Balaban J connectivity index is 0.653. The molecule has 4 aliphatic heterocycles. The summed E-state index contributed by atoms with van der Waals surface area (Å²) in [7, 11) is 0. The minimum Gasteiger partial charge on any atom is -0.494 e. The van der Waals surface area contributed by atoms with Crippen molar-refractivity contribution in [1.82, 2.24) is 19.7 Å². The predicted molar refractivity (Wildman–Crippen MR) is 298 cm³/mol. The van der Waals surface area contributed by atoms with E-state index in [9.17, 15) is 4.79 Å². The average molecular weight is 1060 g/mol. The molecule has 15 heteroatoms. The monoisotopic (exact) mass is 1060 g/mol. The number of aromatic nitrogens is 4. The quantitative estimate of drug-likeness (QED) is 0.0637. The highest BCUT2D eigenvalue weighted by Crippen LogP contribution is 2.43. The summed E-state index contributed by atoms with van der Waals surface area (Å²) in [5, 5.41) is 11.1. The number of ether oxygens (including phenoxy) is 5. The van der Waals surface area contributed by atoms with Crippen molar-refractivity contribution in [2.45, 2.75) is 116 Å². The number of benzene rings is 4. The summed E-state index contributed by atoms with van der Waals surface area (Å²) in [5.41, 5.74) is 7.80. The summed E-state index contributed by atoms with van der Waals surface area (Å²) in [6, 6.07) is 30.4. The van der Waals surface area contributed by atoms with Crippen LogP contribution in [0.5, 0.6) is 17.2 Å². The molecule has 2 unspecified atom stereocenters. The maximum absolute atomic E-state index is 14.7. The van der Waals surface area contributed by atoms with Gasteiger partial charge < -0.3 is 33.0 Å². The van der Waals surface area contributed by atoms with Crippen LogP contribution in [0.1, 0.15) is 132 Å². The highest BCUT2D eigenvalue weighted by Gasteiger charge is 2.33. The number of anilines is 1. The number of aliphatic imine (C=N–C) groups is 1. The minimum absolute atomic E-state index is 0.0104. The highest BCUT2D eigenvalue weighted by molar-refractivity contribution is 7.22. The Bertz CT molecular complexity index is 3310. The van der Waals surface area contributed by atoms with Crippen LogP contribution in [0, 0.1) is 26.7 Å². The molecule has 0 aliphatic carbocycles. The number of oxazole rings is 1. The Kier molecular flexibility index (Phi) is 14.9. The topological polar surface area (TPSA) is 136 Å². The molecular formula is C61H64N6O7S2. The first kappa shape index (κ1) is 50.2. The van der Waals surface area contributed by atoms with Gasteiger partial charge in [0.25, 0.3) is 0 Å². The van der Waals surface area contributed by atoms with E-state index in [0.29, 0.717) is 42.6 Å². The summed E-state index contributed by atoms with van der Waals surface area (Å²) >= 11 is 3.37. The molecule has 4 aliphatic rings. The fourth-order valence-corrected chi connectivity index (χ4v) is 13.5. The largest absolute Gasteiger partial charge is 0.494 e. The van der Waals surface area contributed by atoms with Crippen molar-refractivity contribution < 1.29 is 32.9 Å². The molecule has 3 fully saturated rings. The van der Waals surface area contributed by atoms with Gasteiger partial charge in [-0.2, -0.15) is 0 Å². The molecule has 4 aromatic heterocycles. The van der Waals surface area contributed by atoms with E-state index in [4.69, 9.17) is 33.1 Å². The van der Waals surface area contributed by atoms with Crippen LogP contribution >= 0.6 is 22.7 Å². The van der Waals surface area contributed by atoms with Crippen molar-refractivity contribution >= 4 is 49.9 Å². The molecule has 3 atom stereocenters. The Morgan fingerprint density at radius 1 is 0.750 bits per heavy atom. The van der Waals surface area contributed by atoms with Crippen molar-refractivity contribution in [3.63, 3.8) is 0 Å². The maximum atomic E-state index is 14.7. The van der Waals surface area contributed by atoms with Gasteiger partial charge in [0.15, 0.2) is 30.1 Å². The number of unbranched alkanes of at least 4 members (excludes halogenated alkanes) is 1. The minimum atomic E-state index is -0.313. The second-order valence-corrected chi connectivity index (χ2v) is 22.8. The van der Waals surface area contributed by atoms with Gasteiger partial charge in [-0.05, 0) is 180 Å². The SMILES string of the molecule is Cc1sc2c(c1C)C(c1ccc(OCCCCC3CCN(c4ccc(C(=O)c5c(-c6ccc(OC7CCCCO7)cc6)sc6cc(OC7CCCCO7)ccc56)cc4)CC3)cc1)=N[C@@H](Cc1ncco1)c1nnc(C)n1-2. The molecule has 4 aromatic carbocycles. The standard InChI is InChI=1S/C61H64N6O7S2/c1-38-39(2)75-61-55(38)57(63-50(37-52-62-29-35-70-52)60-65-64-40(3)67(60)61)42-15-21-46(22-16-42)69-32-7-4-10-41-27-30-66(31-28-41)45-19-13-43(14-20-45)58(68)56-49-26-25-48(74-54-12-6-9-34-72-54)36-51(49)76-59(56)44-17-23-47(24-18-44)73-53-11-5-8-33-71-53/h13-26,29,35-36,41,50,53-54H,4-12,27-28,30-34,37H2,1-3H3/t50-,53?,54?/m0/s1. The molecule has 12 rings (SSSR count). The molecule has 0 bridgehead atoms. The lowest BCUT2D eigenvalue weighted by atomic mass is 9.91. The molecule has 8 heterocycles. The molecule has 3 saturated heterocycles. The average Bonchev–Trinajstić information content (AvgIpc) is 4.27. The number of nitrogens with zero attached hydrogens (tertiary/aromatic N) is 6. The van der Waals surface area contributed by atoms with Gasteiger partial charge in [0, 0.05) is 73.7 Å². The molecule has 13 nitrogen and oxygen atoms in total. The van der Waals surface area contributed by atoms with Crippen LogP contribution in [-0.4, -0.2) is 76.7 Å². The highest BCUT2D eigenvalue weighted by atomic mass is 32.1. The number of carbonyl (C=O) groups excluding carboxylic acids is 1. The van der Waals surface area contributed by atoms with Gasteiger partial charge in [-0.25, -0.2) is 4.98 Å². The third-order valence-electron chi connectivity index (χ3n) is 15.4. The van der Waals surface area contributed by atoms with E-state index in [0.717, 1.165) is 161 Å². The van der Waals surface area contributed by atoms with E-state index >= 15 is 0 Å². The van der Waals surface area contributed by atoms with Crippen LogP contribution in [0.3, 0.4) is 0 Å². The first-order valence-corrected chi connectivity index (χ1v) is 28.8. The number of hydrogen-bond acceptors (Lipinski definition) is 14. The second-order valence-electron chi connectivity index (χ2n) is 20.5. The van der Waals surface area contributed by atoms with Gasteiger partial charge in [0.2, 0.25) is 0 Å². The van der Waals surface area contributed by atoms with Gasteiger partial charge >= 0.3 is 0 Å². The first-order valence-electron chi connectivity index (χ1n) is 27.1.